The van der Waals surface area contributed by atoms with Crippen molar-refractivity contribution in [2.45, 2.75) is 33.1 Å². The molecule has 1 unspecified atom stereocenters. The second kappa shape index (κ2) is 6.72. The van der Waals surface area contributed by atoms with Gasteiger partial charge in [-0.15, -0.1) is 0 Å². The summed E-state index contributed by atoms with van der Waals surface area (Å²) in [5.74, 6) is 4.52. The summed E-state index contributed by atoms with van der Waals surface area (Å²) in [6, 6.07) is 0. The van der Waals surface area contributed by atoms with Crippen molar-refractivity contribution in [2.24, 2.45) is 11.8 Å². The highest BCUT2D eigenvalue weighted by atomic mass is 32.2. The number of hydrogen-bond donors (Lipinski definition) is 1. The third kappa shape index (κ3) is 5.58. The lowest BCUT2D eigenvalue weighted by Gasteiger charge is -2.22. The third-order valence-corrected chi connectivity index (χ3v) is 3.95. The minimum absolute atomic E-state index is 0.856. The molecule has 1 nitrogen and oxygen atoms in total. The second-order valence-corrected chi connectivity index (χ2v) is 5.62. The van der Waals surface area contributed by atoms with Gasteiger partial charge in [0, 0.05) is 0 Å². The summed E-state index contributed by atoms with van der Waals surface area (Å²) in [5, 5.41) is 3.48. The Morgan fingerprint density at radius 3 is 2.92 bits per heavy atom. The average Bonchev–Trinajstić information content (AvgIpc) is 2.14. The molecule has 0 bridgehead atoms. The first-order valence-electron chi connectivity index (χ1n) is 5.57. The van der Waals surface area contributed by atoms with Gasteiger partial charge in [-0.1, -0.05) is 13.8 Å². The standard InChI is InChI=1S/C11H23NS/c1-10(2)9-13-7-5-11-4-3-6-12-8-11/h10-12H,3-9H2,1-2H3. The van der Waals surface area contributed by atoms with E-state index in [1.165, 1.54) is 43.9 Å². The molecule has 1 fully saturated rings. The van der Waals surface area contributed by atoms with Crippen molar-refractivity contribution in [3.05, 3.63) is 0 Å². The zero-order chi connectivity index (χ0) is 9.52. The number of hydrogen-bond acceptors (Lipinski definition) is 2. The van der Waals surface area contributed by atoms with Crippen LogP contribution in [0.1, 0.15) is 33.1 Å². The zero-order valence-electron chi connectivity index (χ0n) is 9.01. The molecule has 0 aromatic carbocycles. The second-order valence-electron chi connectivity index (χ2n) is 4.47. The molecule has 0 aliphatic carbocycles. The highest BCUT2D eigenvalue weighted by molar-refractivity contribution is 7.99. The molecule has 0 saturated carbocycles. The largest absolute Gasteiger partial charge is 0.316 e. The van der Waals surface area contributed by atoms with Crippen LogP contribution in [0.25, 0.3) is 0 Å². The normalized spacial score (nSPS) is 23.8. The zero-order valence-corrected chi connectivity index (χ0v) is 9.83. The molecule has 1 rings (SSSR count). The molecule has 0 spiro atoms. The van der Waals surface area contributed by atoms with E-state index in [9.17, 15) is 0 Å². The van der Waals surface area contributed by atoms with E-state index >= 15 is 0 Å². The Hall–Kier alpha value is 0.310. The van der Waals surface area contributed by atoms with Crippen LogP contribution in [-0.2, 0) is 0 Å². The predicted octanol–water partition coefficient (Wildman–Crippen LogP) is 2.77. The molecule has 1 heterocycles. The molecule has 0 radical (unpaired) electrons. The maximum Gasteiger partial charge on any atom is -0.00202 e. The summed E-state index contributed by atoms with van der Waals surface area (Å²) in [6.45, 7) is 7.11. The first kappa shape index (κ1) is 11.4. The molecule has 1 aliphatic rings. The maximum absolute atomic E-state index is 3.48. The smallest absolute Gasteiger partial charge is 0.00202 e. The molecule has 1 N–H and O–H groups in total. The SMILES string of the molecule is CC(C)CSCCC1CCCNC1. The van der Waals surface area contributed by atoms with Gasteiger partial charge in [-0.3, -0.25) is 0 Å². The van der Waals surface area contributed by atoms with Crippen LogP contribution in [-0.4, -0.2) is 24.6 Å². The van der Waals surface area contributed by atoms with Crippen molar-refractivity contribution in [1.82, 2.24) is 5.32 Å². The van der Waals surface area contributed by atoms with E-state index in [1.54, 1.807) is 0 Å². The Kier molecular flexibility index (Phi) is 5.88. The fourth-order valence-corrected chi connectivity index (χ4v) is 2.88. The van der Waals surface area contributed by atoms with Crippen LogP contribution in [0, 0.1) is 11.8 Å². The lowest BCUT2D eigenvalue weighted by atomic mass is 9.97. The van der Waals surface area contributed by atoms with Crippen LogP contribution in [0.5, 0.6) is 0 Å². The predicted molar refractivity (Wildman–Crippen MR) is 62.4 cm³/mol. The van der Waals surface area contributed by atoms with E-state index in [2.05, 4.69) is 30.9 Å². The molecule has 13 heavy (non-hydrogen) atoms. The number of piperidine rings is 1. The van der Waals surface area contributed by atoms with Gasteiger partial charge >= 0.3 is 0 Å². The number of nitrogens with one attached hydrogen (secondary N) is 1. The van der Waals surface area contributed by atoms with Crippen LogP contribution in [0.4, 0.5) is 0 Å². The van der Waals surface area contributed by atoms with Gasteiger partial charge in [0.25, 0.3) is 0 Å². The summed E-state index contributed by atoms with van der Waals surface area (Å²) in [7, 11) is 0. The van der Waals surface area contributed by atoms with Gasteiger partial charge in [0.2, 0.25) is 0 Å². The van der Waals surface area contributed by atoms with Gasteiger partial charge in [0.1, 0.15) is 0 Å². The molecule has 0 aromatic rings. The molecular weight excluding hydrogens is 178 g/mol. The van der Waals surface area contributed by atoms with Crippen LogP contribution in [0.2, 0.25) is 0 Å². The van der Waals surface area contributed by atoms with Gasteiger partial charge in [0.05, 0.1) is 0 Å². The van der Waals surface area contributed by atoms with Crippen molar-refractivity contribution in [3.63, 3.8) is 0 Å². The van der Waals surface area contributed by atoms with Gasteiger partial charge < -0.3 is 5.32 Å². The van der Waals surface area contributed by atoms with Crippen LogP contribution in [0.3, 0.4) is 0 Å². The molecule has 0 amide bonds. The van der Waals surface area contributed by atoms with E-state index in [1.807, 2.05) is 0 Å². The van der Waals surface area contributed by atoms with Crippen LogP contribution in [0.15, 0.2) is 0 Å². The molecule has 2 heteroatoms. The Morgan fingerprint density at radius 2 is 2.31 bits per heavy atom. The van der Waals surface area contributed by atoms with E-state index in [4.69, 9.17) is 0 Å². The Balaban J connectivity index is 1.92. The topological polar surface area (TPSA) is 12.0 Å². The molecule has 1 saturated heterocycles. The fourth-order valence-electron chi connectivity index (χ4n) is 1.74. The van der Waals surface area contributed by atoms with E-state index in [0.29, 0.717) is 0 Å². The molecule has 78 valence electrons. The highest BCUT2D eigenvalue weighted by Gasteiger charge is 2.11. The Labute approximate surface area is 87.1 Å². The summed E-state index contributed by atoms with van der Waals surface area (Å²) >= 11 is 2.13. The molecule has 0 aromatic heterocycles. The van der Waals surface area contributed by atoms with E-state index in [-0.39, 0.29) is 0 Å². The summed E-state index contributed by atoms with van der Waals surface area (Å²) in [5.41, 5.74) is 0. The fraction of sp³-hybridized carbons (Fsp3) is 1.00. The van der Waals surface area contributed by atoms with Crippen LogP contribution >= 0.6 is 11.8 Å². The number of thioether (sulfide) groups is 1. The van der Waals surface area contributed by atoms with Gasteiger partial charge in [-0.2, -0.15) is 11.8 Å². The lowest BCUT2D eigenvalue weighted by molar-refractivity contribution is 0.371. The van der Waals surface area contributed by atoms with Gasteiger partial charge in [0.15, 0.2) is 0 Å². The monoisotopic (exact) mass is 201 g/mol. The molecular formula is C11H23NS. The van der Waals surface area contributed by atoms with Crippen LogP contribution < -0.4 is 5.32 Å². The lowest BCUT2D eigenvalue weighted by Crippen LogP contribution is -2.29. The Morgan fingerprint density at radius 1 is 1.46 bits per heavy atom. The summed E-state index contributed by atoms with van der Waals surface area (Å²) in [6.07, 6.45) is 4.26. The molecule has 1 aliphatic heterocycles. The maximum atomic E-state index is 3.48. The van der Waals surface area contributed by atoms with Crippen molar-refractivity contribution < 1.29 is 0 Å². The summed E-state index contributed by atoms with van der Waals surface area (Å²) in [4.78, 5) is 0. The third-order valence-electron chi connectivity index (χ3n) is 2.52. The molecule has 1 atom stereocenters. The van der Waals surface area contributed by atoms with Gasteiger partial charge in [-0.25, -0.2) is 0 Å². The average molecular weight is 201 g/mol. The van der Waals surface area contributed by atoms with E-state index < -0.39 is 0 Å². The van der Waals surface area contributed by atoms with Crippen molar-refractivity contribution in [1.29, 1.82) is 0 Å². The highest BCUT2D eigenvalue weighted by Crippen LogP contribution is 2.18. The van der Waals surface area contributed by atoms with Gasteiger partial charge in [-0.05, 0) is 55.7 Å². The van der Waals surface area contributed by atoms with Crippen molar-refractivity contribution >= 4 is 11.8 Å². The quantitative estimate of drug-likeness (QED) is 0.687. The summed E-state index contributed by atoms with van der Waals surface area (Å²) < 4.78 is 0. The minimum Gasteiger partial charge on any atom is -0.316 e. The minimum atomic E-state index is 0.856. The van der Waals surface area contributed by atoms with Crippen molar-refractivity contribution in [2.75, 3.05) is 24.6 Å². The number of rotatable bonds is 5. The Bertz CT molecular complexity index is 119. The first-order chi connectivity index (χ1) is 6.29. The first-order valence-corrected chi connectivity index (χ1v) is 6.73. The van der Waals surface area contributed by atoms with E-state index in [0.717, 1.165) is 11.8 Å². The van der Waals surface area contributed by atoms with Crippen molar-refractivity contribution in [3.8, 4) is 0 Å².